The molecule has 0 saturated carbocycles. The van der Waals surface area contributed by atoms with Crippen LogP contribution in [0.4, 0.5) is 0 Å². The van der Waals surface area contributed by atoms with Crippen molar-refractivity contribution in [1.29, 1.82) is 0 Å². The third kappa shape index (κ3) is 2.25. The van der Waals surface area contributed by atoms with Gasteiger partial charge < -0.3 is 0 Å². The van der Waals surface area contributed by atoms with Gasteiger partial charge in [-0.15, -0.1) is 11.6 Å². The fraction of sp³-hybridized carbons (Fsp3) is 0.333. The summed E-state index contributed by atoms with van der Waals surface area (Å²) in [5.41, 5.74) is 2.63. The number of halogens is 1. The Morgan fingerprint density at radius 1 is 0.800 bits per heavy atom. The summed E-state index contributed by atoms with van der Waals surface area (Å²) in [6, 6.07) is 22.3. The standard InChI is InChI=1S/C18H20ClN/c1-13(2)20-17(14-9-5-3-6-10-14)16(19)18(20)15-11-7-4-8-12-15/h3-13,16-18H,1-2H3/t16?,17-,18+. The van der Waals surface area contributed by atoms with Crippen molar-refractivity contribution in [3.8, 4) is 0 Å². The van der Waals surface area contributed by atoms with E-state index in [1.165, 1.54) is 11.1 Å². The van der Waals surface area contributed by atoms with Gasteiger partial charge in [0.25, 0.3) is 0 Å². The van der Waals surface area contributed by atoms with E-state index in [1.54, 1.807) is 0 Å². The molecule has 0 radical (unpaired) electrons. The van der Waals surface area contributed by atoms with Crippen LogP contribution in [0.15, 0.2) is 60.7 Å². The van der Waals surface area contributed by atoms with Crippen molar-refractivity contribution in [2.75, 3.05) is 0 Å². The van der Waals surface area contributed by atoms with Gasteiger partial charge >= 0.3 is 0 Å². The molecule has 0 aromatic heterocycles. The quantitative estimate of drug-likeness (QED) is 0.732. The predicted molar refractivity (Wildman–Crippen MR) is 85.0 cm³/mol. The third-order valence-electron chi connectivity index (χ3n) is 4.12. The first-order valence-corrected chi connectivity index (χ1v) is 7.65. The summed E-state index contributed by atoms with van der Waals surface area (Å²) in [4.78, 5) is 2.52. The molecule has 1 aliphatic rings. The van der Waals surface area contributed by atoms with Crippen molar-refractivity contribution in [2.24, 2.45) is 0 Å². The minimum Gasteiger partial charge on any atom is -0.284 e. The molecule has 1 saturated heterocycles. The van der Waals surface area contributed by atoms with Gasteiger partial charge in [0.15, 0.2) is 0 Å². The van der Waals surface area contributed by atoms with Gasteiger partial charge in [0, 0.05) is 6.04 Å². The van der Waals surface area contributed by atoms with Crippen molar-refractivity contribution >= 4 is 11.6 Å². The number of rotatable bonds is 3. The fourth-order valence-corrected chi connectivity index (χ4v) is 3.78. The summed E-state index contributed by atoms with van der Waals surface area (Å²) in [6.07, 6.45) is 0. The summed E-state index contributed by atoms with van der Waals surface area (Å²) in [6.45, 7) is 4.49. The molecule has 2 aromatic rings. The SMILES string of the molecule is CC(C)N1[C@H](c2ccccc2)C(Cl)[C@@H]1c1ccccc1. The van der Waals surface area contributed by atoms with Gasteiger partial charge in [-0.05, 0) is 25.0 Å². The molecule has 3 atom stereocenters. The van der Waals surface area contributed by atoms with E-state index in [-0.39, 0.29) is 5.38 Å². The first kappa shape index (κ1) is 13.7. The van der Waals surface area contributed by atoms with Crippen molar-refractivity contribution in [3.63, 3.8) is 0 Å². The van der Waals surface area contributed by atoms with Crippen molar-refractivity contribution < 1.29 is 0 Å². The zero-order chi connectivity index (χ0) is 14.1. The molecule has 20 heavy (non-hydrogen) atoms. The van der Waals surface area contributed by atoms with Crippen molar-refractivity contribution in [1.82, 2.24) is 4.90 Å². The Hall–Kier alpha value is -1.31. The van der Waals surface area contributed by atoms with Crippen molar-refractivity contribution in [3.05, 3.63) is 71.8 Å². The van der Waals surface area contributed by atoms with Crippen LogP contribution in [-0.4, -0.2) is 16.3 Å². The molecule has 0 spiro atoms. The fourth-order valence-electron chi connectivity index (χ4n) is 3.23. The maximum absolute atomic E-state index is 6.75. The summed E-state index contributed by atoms with van der Waals surface area (Å²) < 4.78 is 0. The van der Waals surface area contributed by atoms with E-state index in [0.717, 1.165) is 0 Å². The first-order valence-electron chi connectivity index (χ1n) is 7.21. The van der Waals surface area contributed by atoms with Gasteiger partial charge in [-0.1, -0.05) is 60.7 Å². The molecule has 1 heterocycles. The number of hydrogen-bond donors (Lipinski definition) is 0. The van der Waals surface area contributed by atoms with Gasteiger partial charge in [-0.25, -0.2) is 0 Å². The van der Waals surface area contributed by atoms with E-state index in [9.17, 15) is 0 Å². The van der Waals surface area contributed by atoms with Crippen LogP contribution in [0.25, 0.3) is 0 Å². The van der Waals surface area contributed by atoms with Gasteiger partial charge in [-0.3, -0.25) is 4.90 Å². The molecule has 104 valence electrons. The number of benzene rings is 2. The molecule has 0 bridgehead atoms. The third-order valence-corrected chi connectivity index (χ3v) is 4.60. The minimum absolute atomic E-state index is 0.127. The van der Waals surface area contributed by atoms with Crippen LogP contribution in [-0.2, 0) is 0 Å². The van der Waals surface area contributed by atoms with E-state index in [4.69, 9.17) is 11.6 Å². The second-order valence-electron chi connectivity index (χ2n) is 5.70. The largest absolute Gasteiger partial charge is 0.284 e. The molecule has 1 fully saturated rings. The first-order chi connectivity index (χ1) is 9.70. The second kappa shape index (κ2) is 5.59. The molecule has 1 aliphatic heterocycles. The Morgan fingerprint density at radius 3 is 1.55 bits per heavy atom. The van der Waals surface area contributed by atoms with E-state index in [0.29, 0.717) is 18.1 Å². The molecule has 2 heteroatoms. The van der Waals surface area contributed by atoms with Gasteiger partial charge in [-0.2, -0.15) is 0 Å². The Morgan fingerprint density at radius 2 is 1.20 bits per heavy atom. The predicted octanol–water partition coefficient (Wildman–Crippen LogP) is 4.80. The van der Waals surface area contributed by atoms with Gasteiger partial charge in [0.05, 0.1) is 17.5 Å². The minimum atomic E-state index is 0.127. The highest BCUT2D eigenvalue weighted by Gasteiger charge is 2.49. The summed E-state index contributed by atoms with van der Waals surface area (Å²) >= 11 is 6.75. The van der Waals surface area contributed by atoms with Crippen LogP contribution in [0.3, 0.4) is 0 Å². The van der Waals surface area contributed by atoms with E-state index in [2.05, 4.69) is 79.4 Å². The summed E-state index contributed by atoms with van der Waals surface area (Å²) in [5, 5.41) is 0.127. The average molecular weight is 286 g/mol. The van der Waals surface area contributed by atoms with Crippen LogP contribution in [0.1, 0.15) is 37.1 Å². The van der Waals surface area contributed by atoms with Crippen molar-refractivity contribution in [2.45, 2.75) is 37.4 Å². The summed E-state index contributed by atoms with van der Waals surface area (Å²) in [7, 11) is 0. The summed E-state index contributed by atoms with van der Waals surface area (Å²) in [5.74, 6) is 0. The Bertz CT molecular complexity index is 505. The second-order valence-corrected chi connectivity index (χ2v) is 6.20. The maximum atomic E-state index is 6.75. The highest BCUT2D eigenvalue weighted by molar-refractivity contribution is 6.22. The highest BCUT2D eigenvalue weighted by Crippen LogP contribution is 2.52. The van der Waals surface area contributed by atoms with Crippen LogP contribution in [0.5, 0.6) is 0 Å². The molecule has 0 aliphatic carbocycles. The smallest absolute Gasteiger partial charge is 0.0730 e. The van der Waals surface area contributed by atoms with E-state index >= 15 is 0 Å². The van der Waals surface area contributed by atoms with Gasteiger partial charge in [0.2, 0.25) is 0 Å². The molecular weight excluding hydrogens is 266 g/mol. The average Bonchev–Trinajstić information content (AvgIpc) is 2.46. The van der Waals surface area contributed by atoms with E-state index in [1.807, 2.05) is 0 Å². The van der Waals surface area contributed by atoms with Crippen LogP contribution in [0, 0.1) is 0 Å². The monoisotopic (exact) mass is 285 g/mol. The Balaban J connectivity index is 1.92. The Labute approximate surface area is 126 Å². The normalized spacial score (nSPS) is 26.5. The zero-order valence-corrected chi connectivity index (χ0v) is 12.7. The molecule has 3 rings (SSSR count). The lowest BCUT2D eigenvalue weighted by atomic mass is 9.81. The topological polar surface area (TPSA) is 3.24 Å². The zero-order valence-electron chi connectivity index (χ0n) is 11.9. The van der Waals surface area contributed by atoms with Crippen LogP contribution in [0.2, 0.25) is 0 Å². The van der Waals surface area contributed by atoms with E-state index < -0.39 is 0 Å². The van der Waals surface area contributed by atoms with Gasteiger partial charge in [0.1, 0.15) is 0 Å². The molecular formula is C18H20ClN. The lowest BCUT2D eigenvalue weighted by Crippen LogP contribution is -2.56. The maximum Gasteiger partial charge on any atom is 0.0730 e. The lowest BCUT2D eigenvalue weighted by molar-refractivity contribution is -0.0112. The van der Waals surface area contributed by atoms with Crippen LogP contribution < -0.4 is 0 Å². The molecule has 1 unspecified atom stereocenters. The number of likely N-dealkylation sites (tertiary alicyclic amines) is 1. The molecule has 1 nitrogen and oxygen atoms in total. The molecule has 0 amide bonds. The molecule has 0 N–H and O–H groups in total. The lowest BCUT2D eigenvalue weighted by Gasteiger charge is -2.55. The Kier molecular flexibility index (Phi) is 3.82. The molecule has 2 aromatic carbocycles. The number of alkyl halides is 1. The van der Waals surface area contributed by atoms with Crippen LogP contribution >= 0.6 is 11.6 Å². The highest BCUT2D eigenvalue weighted by atomic mass is 35.5. The number of hydrogen-bond acceptors (Lipinski definition) is 1. The number of nitrogens with zero attached hydrogens (tertiary/aromatic N) is 1.